The van der Waals surface area contributed by atoms with Gasteiger partial charge in [0.15, 0.2) is 0 Å². The maximum absolute atomic E-state index is 12.4. The van der Waals surface area contributed by atoms with Crippen molar-refractivity contribution >= 4 is 10.0 Å². The summed E-state index contributed by atoms with van der Waals surface area (Å²) in [4.78, 5) is 1.73. The van der Waals surface area contributed by atoms with Crippen molar-refractivity contribution in [3.8, 4) is 5.75 Å². The molecule has 1 N–H and O–H groups in total. The molecule has 2 aromatic rings. The second kappa shape index (κ2) is 8.07. The van der Waals surface area contributed by atoms with Crippen LogP contribution in [0.1, 0.15) is 11.6 Å². The molecule has 26 heavy (non-hydrogen) atoms. The van der Waals surface area contributed by atoms with Crippen molar-refractivity contribution in [2.24, 2.45) is 0 Å². The number of sulfonamides is 1. The molecule has 0 aliphatic carbocycles. The fourth-order valence-electron chi connectivity index (χ4n) is 2.37. The molecule has 0 aromatic heterocycles. The summed E-state index contributed by atoms with van der Waals surface area (Å²) >= 11 is 0. The predicted molar refractivity (Wildman–Crippen MR) is 91.2 cm³/mol. The minimum atomic E-state index is -4.83. The van der Waals surface area contributed by atoms with Gasteiger partial charge < -0.3 is 9.64 Å². The Labute approximate surface area is 150 Å². The lowest BCUT2D eigenvalue weighted by Crippen LogP contribution is -2.34. The van der Waals surface area contributed by atoms with Gasteiger partial charge in [0.05, 0.1) is 4.90 Å². The van der Waals surface area contributed by atoms with Gasteiger partial charge in [0.2, 0.25) is 10.0 Å². The van der Waals surface area contributed by atoms with Gasteiger partial charge in [-0.05, 0) is 43.9 Å². The summed E-state index contributed by atoms with van der Waals surface area (Å²) in [5.74, 6) is -0.480. The van der Waals surface area contributed by atoms with Crippen LogP contribution in [0.3, 0.4) is 0 Å². The van der Waals surface area contributed by atoms with E-state index in [1.807, 2.05) is 49.3 Å². The largest absolute Gasteiger partial charge is 0.573 e. The second-order valence-corrected chi connectivity index (χ2v) is 7.53. The predicted octanol–water partition coefficient (Wildman–Crippen LogP) is 3.17. The van der Waals surface area contributed by atoms with E-state index < -0.39 is 22.1 Å². The molecule has 0 aliphatic rings. The maximum Gasteiger partial charge on any atom is 0.573 e. The number of likely N-dealkylation sites (N-methyl/N-ethyl adjacent to an activating group) is 1. The van der Waals surface area contributed by atoms with E-state index in [2.05, 4.69) is 9.46 Å². The van der Waals surface area contributed by atoms with Crippen LogP contribution in [0.5, 0.6) is 5.75 Å². The number of hydrogen-bond acceptors (Lipinski definition) is 4. The zero-order chi connectivity index (χ0) is 19.4. The van der Waals surface area contributed by atoms with Crippen molar-refractivity contribution in [2.45, 2.75) is 17.3 Å². The highest BCUT2D eigenvalue weighted by Gasteiger charge is 2.31. The van der Waals surface area contributed by atoms with E-state index in [9.17, 15) is 21.6 Å². The number of benzene rings is 2. The van der Waals surface area contributed by atoms with Crippen molar-refractivity contribution in [1.82, 2.24) is 9.62 Å². The lowest BCUT2D eigenvalue weighted by Gasteiger charge is -2.25. The molecule has 0 fully saturated rings. The van der Waals surface area contributed by atoms with E-state index in [1.54, 1.807) is 0 Å². The van der Waals surface area contributed by atoms with Gasteiger partial charge in [-0.2, -0.15) is 0 Å². The maximum atomic E-state index is 12.4. The topological polar surface area (TPSA) is 58.6 Å². The number of hydrogen-bond donors (Lipinski definition) is 1. The van der Waals surface area contributed by atoms with Gasteiger partial charge in [-0.3, -0.25) is 0 Å². The summed E-state index contributed by atoms with van der Waals surface area (Å²) in [5.41, 5.74) is 0.939. The third-order valence-corrected chi connectivity index (χ3v) is 5.08. The van der Waals surface area contributed by atoms with E-state index in [-0.39, 0.29) is 17.5 Å². The second-order valence-electron chi connectivity index (χ2n) is 5.76. The molecule has 142 valence electrons. The number of halogens is 3. The van der Waals surface area contributed by atoms with Crippen LogP contribution in [0.15, 0.2) is 59.5 Å². The highest BCUT2D eigenvalue weighted by atomic mass is 32.2. The molecule has 2 aromatic carbocycles. The molecule has 0 saturated carbocycles. The summed E-state index contributed by atoms with van der Waals surface area (Å²) in [7, 11) is -0.214. The van der Waals surface area contributed by atoms with Crippen LogP contribution in [0.4, 0.5) is 13.2 Å². The molecule has 0 heterocycles. The number of rotatable bonds is 7. The van der Waals surface area contributed by atoms with Crippen LogP contribution in [0.2, 0.25) is 0 Å². The SMILES string of the molecule is CN(C)C(CNS(=O)(=O)c1ccc(OC(F)(F)F)cc1)c1ccccc1. The zero-order valence-electron chi connectivity index (χ0n) is 14.2. The lowest BCUT2D eigenvalue weighted by molar-refractivity contribution is -0.274. The first-order valence-corrected chi connectivity index (χ1v) is 9.14. The Hall–Kier alpha value is -2.10. The van der Waals surface area contributed by atoms with Crippen LogP contribution >= 0.6 is 0 Å². The molecule has 9 heteroatoms. The monoisotopic (exact) mass is 388 g/mol. The van der Waals surface area contributed by atoms with E-state index in [0.717, 1.165) is 29.8 Å². The Bertz CT molecular complexity index is 807. The van der Waals surface area contributed by atoms with Crippen molar-refractivity contribution in [3.05, 3.63) is 60.2 Å². The Morgan fingerprint density at radius 1 is 1.04 bits per heavy atom. The minimum absolute atomic E-state index is 0.111. The molecule has 0 aliphatic heterocycles. The Kier molecular flexibility index (Phi) is 6.27. The number of alkyl halides is 3. The van der Waals surface area contributed by atoms with E-state index in [0.29, 0.717) is 0 Å². The molecule has 0 radical (unpaired) electrons. The Morgan fingerprint density at radius 2 is 1.62 bits per heavy atom. The first-order valence-electron chi connectivity index (χ1n) is 7.65. The minimum Gasteiger partial charge on any atom is -0.406 e. The quantitative estimate of drug-likeness (QED) is 0.792. The molecule has 0 amide bonds. The van der Waals surface area contributed by atoms with Crippen LogP contribution in [0.25, 0.3) is 0 Å². The Balaban J connectivity index is 2.10. The van der Waals surface area contributed by atoms with Crippen LogP contribution in [0, 0.1) is 0 Å². The van der Waals surface area contributed by atoms with Crippen molar-refractivity contribution in [1.29, 1.82) is 0 Å². The molecular weight excluding hydrogens is 369 g/mol. The first kappa shape index (κ1) is 20.2. The fourth-order valence-corrected chi connectivity index (χ4v) is 3.40. The summed E-state index contributed by atoms with van der Waals surface area (Å²) in [6, 6.07) is 13.2. The van der Waals surface area contributed by atoms with Gasteiger partial charge in [0, 0.05) is 12.6 Å². The average Bonchev–Trinajstić information content (AvgIpc) is 2.54. The van der Waals surface area contributed by atoms with Gasteiger partial charge in [-0.15, -0.1) is 13.2 Å². The zero-order valence-corrected chi connectivity index (χ0v) is 15.0. The number of nitrogens with one attached hydrogen (secondary N) is 1. The van der Waals surface area contributed by atoms with Gasteiger partial charge in [0.25, 0.3) is 0 Å². The standard InChI is InChI=1S/C17H19F3N2O3S/c1-22(2)16(13-6-4-3-5-7-13)12-21-26(23,24)15-10-8-14(9-11-15)25-17(18,19)20/h3-11,16,21H,12H2,1-2H3. The van der Waals surface area contributed by atoms with Crippen molar-refractivity contribution in [3.63, 3.8) is 0 Å². The average molecular weight is 388 g/mol. The van der Waals surface area contributed by atoms with E-state index in [1.165, 1.54) is 0 Å². The van der Waals surface area contributed by atoms with Crippen molar-refractivity contribution < 1.29 is 26.3 Å². The summed E-state index contributed by atoms with van der Waals surface area (Å²) in [6.07, 6.45) is -4.83. The summed E-state index contributed by atoms with van der Waals surface area (Å²) in [5, 5.41) is 0. The van der Waals surface area contributed by atoms with Crippen molar-refractivity contribution in [2.75, 3.05) is 20.6 Å². The molecular formula is C17H19F3N2O3S. The molecule has 1 unspecified atom stereocenters. The number of ether oxygens (including phenoxy) is 1. The normalized spacial score (nSPS) is 13.6. The molecule has 2 rings (SSSR count). The van der Waals surface area contributed by atoms with E-state index in [4.69, 9.17) is 0 Å². The first-order chi connectivity index (χ1) is 12.1. The van der Waals surface area contributed by atoms with Gasteiger partial charge in [0.1, 0.15) is 5.75 Å². The summed E-state index contributed by atoms with van der Waals surface area (Å²) < 4.78 is 67.5. The van der Waals surface area contributed by atoms with Gasteiger partial charge in [-0.1, -0.05) is 30.3 Å². The van der Waals surface area contributed by atoms with Crippen LogP contribution in [-0.2, 0) is 10.0 Å². The van der Waals surface area contributed by atoms with Gasteiger partial charge >= 0.3 is 6.36 Å². The van der Waals surface area contributed by atoms with Crippen LogP contribution in [-0.4, -0.2) is 40.3 Å². The van der Waals surface area contributed by atoms with E-state index >= 15 is 0 Å². The molecule has 0 bridgehead atoms. The highest BCUT2D eigenvalue weighted by molar-refractivity contribution is 7.89. The Morgan fingerprint density at radius 3 is 2.12 bits per heavy atom. The number of nitrogens with zero attached hydrogens (tertiary/aromatic N) is 1. The third-order valence-electron chi connectivity index (χ3n) is 3.64. The lowest BCUT2D eigenvalue weighted by atomic mass is 10.1. The molecule has 0 saturated heterocycles. The molecule has 0 spiro atoms. The van der Waals surface area contributed by atoms with Gasteiger partial charge in [-0.25, -0.2) is 13.1 Å². The summed E-state index contributed by atoms with van der Waals surface area (Å²) in [6.45, 7) is 0.111. The smallest absolute Gasteiger partial charge is 0.406 e. The highest BCUT2D eigenvalue weighted by Crippen LogP contribution is 2.24. The molecule has 1 atom stereocenters. The third kappa shape index (κ3) is 5.72. The van der Waals surface area contributed by atoms with Crippen LogP contribution < -0.4 is 9.46 Å². The fraction of sp³-hybridized carbons (Fsp3) is 0.294. The molecule has 5 nitrogen and oxygen atoms in total.